The third-order valence-electron chi connectivity index (χ3n) is 3.75. The quantitative estimate of drug-likeness (QED) is 0.709. The minimum atomic E-state index is 0.150. The van der Waals surface area contributed by atoms with Crippen LogP contribution >= 0.6 is 0 Å². The largest absolute Gasteiger partial charge is 0.374 e. The summed E-state index contributed by atoms with van der Waals surface area (Å²) in [5, 5.41) is 0. The minimum Gasteiger partial charge on any atom is -0.374 e. The average molecular weight is 252 g/mol. The van der Waals surface area contributed by atoms with E-state index < -0.39 is 0 Å². The van der Waals surface area contributed by atoms with Gasteiger partial charge in [-0.05, 0) is 26.9 Å². The number of ether oxygens (including phenoxy) is 1. The normalized spacial score (nSPS) is 28.7. The fourth-order valence-electron chi connectivity index (χ4n) is 2.83. The van der Waals surface area contributed by atoms with Gasteiger partial charge in [-0.2, -0.15) is 0 Å². The molecule has 0 radical (unpaired) electrons. The molecule has 1 amide bonds. The fraction of sp³-hybridized carbons (Fsp3) is 0.786. The van der Waals surface area contributed by atoms with Crippen LogP contribution in [0.3, 0.4) is 0 Å². The first-order valence-electron chi connectivity index (χ1n) is 6.92. The maximum absolute atomic E-state index is 12.2. The van der Waals surface area contributed by atoms with Gasteiger partial charge in [0.25, 0.3) is 0 Å². The number of fused-ring (bicyclic) bond motifs is 1. The van der Waals surface area contributed by atoms with Crippen LogP contribution in [-0.2, 0) is 9.53 Å². The highest BCUT2D eigenvalue weighted by molar-refractivity contribution is 5.88. The lowest BCUT2D eigenvalue weighted by Gasteiger charge is -2.43. The van der Waals surface area contributed by atoms with Crippen LogP contribution in [0.5, 0.6) is 0 Å². The molecule has 2 unspecified atom stereocenters. The van der Waals surface area contributed by atoms with Crippen molar-refractivity contribution in [3.8, 4) is 0 Å². The first-order chi connectivity index (χ1) is 8.68. The van der Waals surface area contributed by atoms with Crippen LogP contribution < -0.4 is 0 Å². The Morgan fingerprint density at radius 1 is 1.39 bits per heavy atom. The highest BCUT2D eigenvalue weighted by atomic mass is 16.5. The molecular formula is C14H24N2O2. The van der Waals surface area contributed by atoms with Gasteiger partial charge in [0.2, 0.25) is 5.91 Å². The molecule has 102 valence electrons. The number of carbonyl (C=O) groups excluding carboxylic acids is 1. The molecule has 2 atom stereocenters. The highest BCUT2D eigenvalue weighted by Gasteiger charge is 2.35. The molecule has 2 fully saturated rings. The molecule has 0 N–H and O–H groups in total. The van der Waals surface area contributed by atoms with E-state index in [1.54, 1.807) is 6.08 Å². The number of carbonyl (C=O) groups is 1. The van der Waals surface area contributed by atoms with Crippen LogP contribution in [0.25, 0.3) is 0 Å². The van der Waals surface area contributed by atoms with E-state index in [2.05, 4.69) is 0 Å². The molecule has 1 saturated heterocycles. The Kier molecular flexibility index (Phi) is 4.78. The van der Waals surface area contributed by atoms with Gasteiger partial charge in [-0.1, -0.05) is 18.9 Å². The van der Waals surface area contributed by atoms with Crippen LogP contribution in [0.1, 0.15) is 25.7 Å². The van der Waals surface area contributed by atoms with Gasteiger partial charge in [0.05, 0.1) is 18.8 Å². The minimum absolute atomic E-state index is 0.150. The number of hydrogen-bond donors (Lipinski definition) is 0. The highest BCUT2D eigenvalue weighted by Crippen LogP contribution is 2.28. The van der Waals surface area contributed by atoms with Crippen LogP contribution in [0.15, 0.2) is 12.2 Å². The van der Waals surface area contributed by atoms with Gasteiger partial charge in [-0.15, -0.1) is 0 Å². The van der Waals surface area contributed by atoms with Crippen LogP contribution in [0, 0.1) is 0 Å². The molecular weight excluding hydrogens is 228 g/mol. The summed E-state index contributed by atoms with van der Waals surface area (Å²) in [5.74, 6) is 0.150. The predicted octanol–water partition coefficient (Wildman–Crippen LogP) is 1.27. The van der Waals surface area contributed by atoms with Crippen molar-refractivity contribution >= 4 is 5.91 Å². The van der Waals surface area contributed by atoms with E-state index >= 15 is 0 Å². The third kappa shape index (κ3) is 3.33. The first-order valence-corrected chi connectivity index (χ1v) is 6.92. The lowest BCUT2D eigenvalue weighted by atomic mass is 9.90. The van der Waals surface area contributed by atoms with E-state index in [1.807, 2.05) is 30.0 Å². The number of amides is 1. The van der Waals surface area contributed by atoms with Gasteiger partial charge < -0.3 is 14.5 Å². The lowest BCUT2D eigenvalue weighted by Crippen LogP contribution is -2.54. The zero-order valence-corrected chi connectivity index (χ0v) is 11.5. The molecule has 2 aliphatic rings. The summed E-state index contributed by atoms with van der Waals surface area (Å²) >= 11 is 0. The van der Waals surface area contributed by atoms with Crippen molar-refractivity contribution in [3.05, 3.63) is 12.2 Å². The Morgan fingerprint density at radius 2 is 2.17 bits per heavy atom. The van der Waals surface area contributed by atoms with Crippen molar-refractivity contribution in [3.63, 3.8) is 0 Å². The number of likely N-dealkylation sites (N-methyl/N-ethyl adjacent to an activating group) is 1. The Balaban J connectivity index is 1.93. The van der Waals surface area contributed by atoms with Crippen molar-refractivity contribution < 1.29 is 9.53 Å². The molecule has 18 heavy (non-hydrogen) atoms. The van der Waals surface area contributed by atoms with E-state index in [4.69, 9.17) is 4.74 Å². The Labute approximate surface area is 110 Å². The van der Waals surface area contributed by atoms with Gasteiger partial charge in [0.15, 0.2) is 0 Å². The van der Waals surface area contributed by atoms with Crippen molar-refractivity contribution in [2.45, 2.75) is 37.8 Å². The Bertz CT molecular complexity index is 313. The summed E-state index contributed by atoms with van der Waals surface area (Å²) in [6.45, 7) is 2.24. The van der Waals surface area contributed by atoms with Gasteiger partial charge in [-0.25, -0.2) is 0 Å². The molecule has 4 heteroatoms. The lowest BCUT2D eigenvalue weighted by molar-refractivity contribution is -0.144. The zero-order valence-electron chi connectivity index (χ0n) is 11.5. The summed E-state index contributed by atoms with van der Waals surface area (Å²) in [4.78, 5) is 16.3. The molecule has 0 aromatic heterocycles. The summed E-state index contributed by atoms with van der Waals surface area (Å²) in [6, 6.07) is 0.309. The molecule has 1 saturated carbocycles. The standard InChI is InChI=1S/C14H24N2O2/c1-15(2)9-5-8-14(17)16-10-11-18-13-7-4-3-6-12(13)16/h5,8,12-13H,3-4,6-7,9-11H2,1-2H3/b8-5+. The van der Waals surface area contributed by atoms with Gasteiger partial charge in [0, 0.05) is 19.2 Å². The SMILES string of the molecule is CN(C)C/C=C/C(=O)N1CCOC2CCCCC21. The maximum atomic E-state index is 12.2. The summed E-state index contributed by atoms with van der Waals surface area (Å²) in [5.41, 5.74) is 0. The molecule has 0 aromatic carbocycles. The maximum Gasteiger partial charge on any atom is 0.246 e. The van der Waals surface area contributed by atoms with Crippen LogP contribution in [-0.4, -0.2) is 61.6 Å². The van der Waals surface area contributed by atoms with Crippen LogP contribution in [0.4, 0.5) is 0 Å². The second-order valence-electron chi connectivity index (χ2n) is 5.46. The average Bonchev–Trinajstić information content (AvgIpc) is 2.37. The van der Waals surface area contributed by atoms with E-state index in [9.17, 15) is 4.79 Å². The molecule has 2 rings (SSSR count). The first kappa shape index (κ1) is 13.6. The zero-order chi connectivity index (χ0) is 13.0. The molecule has 0 spiro atoms. The smallest absolute Gasteiger partial charge is 0.246 e. The number of rotatable bonds is 3. The molecule has 0 bridgehead atoms. The third-order valence-corrected chi connectivity index (χ3v) is 3.75. The fourth-order valence-corrected chi connectivity index (χ4v) is 2.83. The van der Waals surface area contributed by atoms with Crippen molar-refractivity contribution in [2.75, 3.05) is 33.8 Å². The molecule has 1 aliphatic heterocycles. The Morgan fingerprint density at radius 3 is 2.94 bits per heavy atom. The molecule has 4 nitrogen and oxygen atoms in total. The van der Waals surface area contributed by atoms with Gasteiger partial charge in [0.1, 0.15) is 0 Å². The summed E-state index contributed by atoms with van der Waals surface area (Å²) in [6.07, 6.45) is 8.59. The number of hydrogen-bond acceptors (Lipinski definition) is 3. The van der Waals surface area contributed by atoms with Crippen molar-refractivity contribution in [1.29, 1.82) is 0 Å². The number of nitrogens with zero attached hydrogens (tertiary/aromatic N) is 2. The monoisotopic (exact) mass is 252 g/mol. The Hall–Kier alpha value is -0.870. The van der Waals surface area contributed by atoms with E-state index in [0.29, 0.717) is 12.6 Å². The topological polar surface area (TPSA) is 32.8 Å². The molecule has 1 heterocycles. The van der Waals surface area contributed by atoms with E-state index in [1.165, 1.54) is 12.8 Å². The number of morpholine rings is 1. The molecule has 1 aliphatic carbocycles. The van der Waals surface area contributed by atoms with Crippen molar-refractivity contribution in [1.82, 2.24) is 9.80 Å². The van der Waals surface area contributed by atoms with E-state index in [-0.39, 0.29) is 12.0 Å². The predicted molar refractivity (Wildman–Crippen MR) is 71.4 cm³/mol. The van der Waals surface area contributed by atoms with Gasteiger partial charge >= 0.3 is 0 Å². The van der Waals surface area contributed by atoms with Gasteiger partial charge in [-0.3, -0.25) is 4.79 Å². The summed E-state index contributed by atoms with van der Waals surface area (Å²) in [7, 11) is 4.00. The second kappa shape index (κ2) is 6.34. The second-order valence-corrected chi connectivity index (χ2v) is 5.46. The summed E-state index contributed by atoms with van der Waals surface area (Å²) < 4.78 is 5.78. The van der Waals surface area contributed by atoms with E-state index in [0.717, 1.165) is 25.9 Å². The van der Waals surface area contributed by atoms with Crippen molar-refractivity contribution in [2.24, 2.45) is 0 Å². The molecule has 0 aromatic rings. The van der Waals surface area contributed by atoms with Crippen LogP contribution in [0.2, 0.25) is 0 Å².